The Balaban J connectivity index is 2.02. The van der Waals surface area contributed by atoms with Crippen LogP contribution in [0, 0.1) is 10.1 Å². The second kappa shape index (κ2) is 6.89. The molecule has 1 amide bonds. The van der Waals surface area contributed by atoms with Crippen LogP contribution in [0.3, 0.4) is 0 Å². The molecular weight excluding hydrogens is 278 g/mol. The highest BCUT2D eigenvalue weighted by Gasteiger charge is 2.20. The first-order valence-electron chi connectivity index (χ1n) is 6.55. The van der Waals surface area contributed by atoms with E-state index in [-0.39, 0.29) is 24.0 Å². The molecule has 2 rings (SSSR count). The van der Waals surface area contributed by atoms with Crippen LogP contribution in [0.5, 0.6) is 11.5 Å². The minimum atomic E-state index is -0.562. The monoisotopic (exact) mass is 295 g/mol. The third kappa shape index (κ3) is 3.82. The fraction of sp³-hybridized carbons (Fsp3) is 0.462. The SMILES string of the molecule is COc1ccc(OCC(=O)N2CCNCC2)c([N+](=O)[O-])c1. The van der Waals surface area contributed by atoms with Gasteiger partial charge in [-0.25, -0.2) is 0 Å². The van der Waals surface area contributed by atoms with E-state index in [1.54, 1.807) is 11.0 Å². The van der Waals surface area contributed by atoms with Crippen LogP contribution in [0.4, 0.5) is 5.69 Å². The molecule has 114 valence electrons. The second-order valence-electron chi connectivity index (χ2n) is 4.51. The zero-order valence-corrected chi connectivity index (χ0v) is 11.7. The van der Waals surface area contributed by atoms with Crippen molar-refractivity contribution < 1.29 is 19.2 Å². The highest BCUT2D eigenvalue weighted by molar-refractivity contribution is 5.78. The molecule has 1 heterocycles. The molecule has 0 saturated carbocycles. The van der Waals surface area contributed by atoms with Gasteiger partial charge in [0.2, 0.25) is 0 Å². The Morgan fingerprint density at radius 2 is 2.14 bits per heavy atom. The fourth-order valence-corrected chi connectivity index (χ4v) is 2.03. The Morgan fingerprint density at radius 1 is 1.43 bits per heavy atom. The number of nitro groups is 1. The topological polar surface area (TPSA) is 93.9 Å². The quantitative estimate of drug-likeness (QED) is 0.625. The Bertz CT molecular complexity index is 529. The van der Waals surface area contributed by atoms with Crippen LogP contribution < -0.4 is 14.8 Å². The molecule has 1 N–H and O–H groups in total. The minimum absolute atomic E-state index is 0.0595. The Hall–Kier alpha value is -2.35. The molecule has 0 atom stereocenters. The van der Waals surface area contributed by atoms with Crippen molar-refractivity contribution in [3.8, 4) is 11.5 Å². The zero-order valence-electron chi connectivity index (χ0n) is 11.7. The number of nitrogens with zero attached hydrogens (tertiary/aromatic N) is 2. The van der Waals surface area contributed by atoms with E-state index in [1.807, 2.05) is 0 Å². The number of amides is 1. The molecule has 0 bridgehead atoms. The summed E-state index contributed by atoms with van der Waals surface area (Å²) in [6.07, 6.45) is 0. The smallest absolute Gasteiger partial charge is 0.314 e. The van der Waals surface area contributed by atoms with E-state index in [9.17, 15) is 14.9 Å². The zero-order chi connectivity index (χ0) is 15.2. The Kier molecular flexibility index (Phi) is 4.94. The second-order valence-corrected chi connectivity index (χ2v) is 4.51. The summed E-state index contributed by atoms with van der Waals surface area (Å²) in [6.45, 7) is 2.51. The van der Waals surface area contributed by atoms with Crippen molar-refractivity contribution in [2.24, 2.45) is 0 Å². The summed E-state index contributed by atoms with van der Waals surface area (Å²) < 4.78 is 10.2. The standard InChI is InChI=1S/C13H17N3O5/c1-20-10-2-3-12(11(8-10)16(18)19)21-9-13(17)15-6-4-14-5-7-15/h2-3,8,14H,4-7,9H2,1H3. The lowest BCUT2D eigenvalue weighted by atomic mass is 10.3. The summed E-state index contributed by atoms with van der Waals surface area (Å²) in [4.78, 5) is 24.1. The molecule has 1 aromatic rings. The molecule has 8 heteroatoms. The first kappa shape index (κ1) is 15.0. The van der Waals surface area contributed by atoms with Gasteiger partial charge in [0.05, 0.1) is 18.1 Å². The van der Waals surface area contributed by atoms with Crippen LogP contribution in [0.1, 0.15) is 0 Å². The van der Waals surface area contributed by atoms with Crippen molar-refractivity contribution in [3.05, 3.63) is 28.3 Å². The maximum atomic E-state index is 12.0. The average molecular weight is 295 g/mol. The number of hydrogen-bond acceptors (Lipinski definition) is 6. The molecule has 8 nitrogen and oxygen atoms in total. The van der Waals surface area contributed by atoms with E-state index in [4.69, 9.17) is 9.47 Å². The number of nitro benzene ring substituents is 1. The number of ether oxygens (including phenoxy) is 2. The molecule has 0 aliphatic carbocycles. The average Bonchev–Trinajstić information content (AvgIpc) is 2.53. The number of nitrogens with one attached hydrogen (secondary N) is 1. The van der Waals surface area contributed by atoms with Crippen LogP contribution in [0.25, 0.3) is 0 Å². The lowest BCUT2D eigenvalue weighted by Gasteiger charge is -2.27. The summed E-state index contributed by atoms with van der Waals surface area (Å²) in [5.41, 5.74) is -0.220. The number of hydrogen-bond donors (Lipinski definition) is 1. The van der Waals surface area contributed by atoms with Crippen LogP contribution in [0.15, 0.2) is 18.2 Å². The van der Waals surface area contributed by atoms with Gasteiger partial charge in [-0.15, -0.1) is 0 Å². The van der Waals surface area contributed by atoms with Crippen molar-refractivity contribution in [1.29, 1.82) is 0 Å². The number of methoxy groups -OCH3 is 1. The number of carbonyl (C=O) groups excluding carboxylic acids is 1. The number of carbonyl (C=O) groups is 1. The van der Waals surface area contributed by atoms with E-state index in [2.05, 4.69) is 5.32 Å². The number of rotatable bonds is 5. The highest BCUT2D eigenvalue weighted by atomic mass is 16.6. The van der Waals surface area contributed by atoms with Gasteiger partial charge in [-0.1, -0.05) is 0 Å². The number of piperazine rings is 1. The first-order valence-corrected chi connectivity index (χ1v) is 6.55. The van der Waals surface area contributed by atoms with Crippen LogP contribution in [-0.4, -0.2) is 55.6 Å². The van der Waals surface area contributed by atoms with Gasteiger partial charge in [0.25, 0.3) is 5.91 Å². The maximum absolute atomic E-state index is 12.0. The minimum Gasteiger partial charge on any atom is -0.496 e. The van der Waals surface area contributed by atoms with Crippen LogP contribution in [-0.2, 0) is 4.79 Å². The van der Waals surface area contributed by atoms with Crippen molar-refractivity contribution in [1.82, 2.24) is 10.2 Å². The van der Waals surface area contributed by atoms with Crippen LogP contribution >= 0.6 is 0 Å². The summed E-state index contributed by atoms with van der Waals surface area (Å²) in [5.74, 6) is 0.244. The van der Waals surface area contributed by atoms with Gasteiger partial charge in [-0.2, -0.15) is 0 Å². The molecule has 0 radical (unpaired) electrons. The summed E-state index contributed by atoms with van der Waals surface area (Å²) in [7, 11) is 1.42. The van der Waals surface area contributed by atoms with E-state index >= 15 is 0 Å². The summed E-state index contributed by atoms with van der Waals surface area (Å²) in [6, 6.07) is 4.25. The highest BCUT2D eigenvalue weighted by Crippen LogP contribution is 2.30. The van der Waals surface area contributed by atoms with Gasteiger partial charge < -0.3 is 19.7 Å². The maximum Gasteiger partial charge on any atom is 0.314 e. The van der Waals surface area contributed by atoms with Gasteiger partial charge >= 0.3 is 5.69 Å². The van der Waals surface area contributed by atoms with Crippen molar-refractivity contribution in [2.75, 3.05) is 39.9 Å². The van der Waals surface area contributed by atoms with E-state index in [0.717, 1.165) is 13.1 Å². The van der Waals surface area contributed by atoms with Gasteiger partial charge in [-0.3, -0.25) is 14.9 Å². The Morgan fingerprint density at radius 3 is 2.76 bits per heavy atom. The molecule has 0 unspecified atom stereocenters. The van der Waals surface area contributed by atoms with Crippen molar-refractivity contribution in [3.63, 3.8) is 0 Å². The number of benzene rings is 1. The summed E-state index contributed by atoms with van der Waals surface area (Å²) in [5, 5.41) is 14.1. The Labute approximate surface area is 121 Å². The molecule has 1 aliphatic heterocycles. The van der Waals surface area contributed by atoms with E-state index in [0.29, 0.717) is 18.8 Å². The van der Waals surface area contributed by atoms with Gasteiger partial charge in [-0.05, 0) is 12.1 Å². The fourth-order valence-electron chi connectivity index (χ4n) is 2.03. The van der Waals surface area contributed by atoms with Gasteiger partial charge in [0.15, 0.2) is 12.4 Å². The lowest BCUT2D eigenvalue weighted by molar-refractivity contribution is -0.385. The molecule has 1 fully saturated rings. The molecule has 1 aliphatic rings. The van der Waals surface area contributed by atoms with Crippen molar-refractivity contribution in [2.45, 2.75) is 0 Å². The predicted octanol–water partition coefficient (Wildman–Crippen LogP) is 0.414. The molecule has 0 spiro atoms. The third-order valence-corrected chi connectivity index (χ3v) is 3.18. The predicted molar refractivity (Wildman–Crippen MR) is 74.6 cm³/mol. The van der Waals surface area contributed by atoms with E-state index < -0.39 is 4.92 Å². The molecule has 1 aromatic carbocycles. The third-order valence-electron chi connectivity index (χ3n) is 3.18. The van der Waals surface area contributed by atoms with Crippen LogP contribution in [0.2, 0.25) is 0 Å². The molecule has 21 heavy (non-hydrogen) atoms. The lowest BCUT2D eigenvalue weighted by Crippen LogP contribution is -2.47. The van der Waals surface area contributed by atoms with Crippen molar-refractivity contribution >= 4 is 11.6 Å². The molecular formula is C13H17N3O5. The van der Waals surface area contributed by atoms with E-state index in [1.165, 1.54) is 19.2 Å². The normalized spacial score (nSPS) is 14.6. The largest absolute Gasteiger partial charge is 0.496 e. The van der Waals surface area contributed by atoms with Gasteiger partial charge in [0, 0.05) is 26.2 Å². The molecule has 0 aromatic heterocycles. The first-order chi connectivity index (χ1) is 10.1. The van der Waals surface area contributed by atoms with Gasteiger partial charge in [0.1, 0.15) is 5.75 Å². The molecule has 1 saturated heterocycles. The summed E-state index contributed by atoms with van der Waals surface area (Å²) >= 11 is 0.